The Hall–Kier alpha value is -1.35. The third-order valence-corrected chi connectivity index (χ3v) is 2.25. The maximum Gasteiger partial charge on any atom is 0.338 e. The van der Waals surface area contributed by atoms with E-state index >= 15 is 0 Å². The Kier molecular flexibility index (Phi) is 5.16. The van der Waals surface area contributed by atoms with Gasteiger partial charge in [0.15, 0.2) is 0 Å². The van der Waals surface area contributed by atoms with Gasteiger partial charge in [-0.1, -0.05) is 26.0 Å². The largest absolute Gasteiger partial charge is 0.459 e. The van der Waals surface area contributed by atoms with E-state index in [-0.39, 0.29) is 12.1 Å². The second kappa shape index (κ2) is 6.40. The number of carbonyl (C=O) groups excluding carboxylic acids is 1. The van der Waals surface area contributed by atoms with Gasteiger partial charge in [-0.05, 0) is 31.5 Å². The quantitative estimate of drug-likeness (QED) is 0.797. The Balaban J connectivity index is 2.58. The molecular formula is C14H21NO2. The van der Waals surface area contributed by atoms with Gasteiger partial charge in [0.25, 0.3) is 0 Å². The van der Waals surface area contributed by atoms with Crippen LogP contribution in [0.15, 0.2) is 24.3 Å². The van der Waals surface area contributed by atoms with E-state index in [2.05, 4.69) is 19.2 Å². The third kappa shape index (κ3) is 5.00. The summed E-state index contributed by atoms with van der Waals surface area (Å²) in [4.78, 5) is 11.6. The second-order valence-corrected chi connectivity index (χ2v) is 4.69. The standard InChI is InChI=1S/C14H21NO2/c1-10(2)15-9-12-5-7-13(8-6-12)14(16)17-11(3)4/h5-8,10-11,15H,9H2,1-4H3. The molecule has 1 rings (SSSR count). The summed E-state index contributed by atoms with van der Waals surface area (Å²) in [6.45, 7) is 8.72. The van der Waals surface area contributed by atoms with Gasteiger partial charge in [0.05, 0.1) is 11.7 Å². The molecule has 0 fully saturated rings. The molecule has 1 aromatic rings. The number of rotatable bonds is 5. The molecule has 0 bridgehead atoms. The molecule has 3 heteroatoms. The second-order valence-electron chi connectivity index (χ2n) is 4.69. The van der Waals surface area contributed by atoms with Gasteiger partial charge in [-0.3, -0.25) is 0 Å². The first kappa shape index (κ1) is 13.7. The van der Waals surface area contributed by atoms with Gasteiger partial charge >= 0.3 is 5.97 Å². The molecule has 0 aliphatic heterocycles. The van der Waals surface area contributed by atoms with Gasteiger partial charge < -0.3 is 10.1 Å². The molecule has 0 spiro atoms. The van der Waals surface area contributed by atoms with Crippen molar-refractivity contribution in [2.24, 2.45) is 0 Å². The fourth-order valence-electron chi connectivity index (χ4n) is 1.36. The normalized spacial score (nSPS) is 10.9. The van der Waals surface area contributed by atoms with Crippen LogP contribution in [0.3, 0.4) is 0 Å². The first-order valence-electron chi connectivity index (χ1n) is 6.02. The van der Waals surface area contributed by atoms with E-state index in [0.717, 1.165) is 6.54 Å². The van der Waals surface area contributed by atoms with E-state index in [1.54, 1.807) is 0 Å². The number of esters is 1. The van der Waals surface area contributed by atoms with Crippen LogP contribution in [-0.2, 0) is 11.3 Å². The predicted octanol–water partition coefficient (Wildman–Crippen LogP) is 2.75. The third-order valence-electron chi connectivity index (χ3n) is 2.25. The molecule has 94 valence electrons. The van der Waals surface area contributed by atoms with Crippen molar-refractivity contribution in [1.82, 2.24) is 5.32 Å². The fraction of sp³-hybridized carbons (Fsp3) is 0.500. The summed E-state index contributed by atoms with van der Waals surface area (Å²) < 4.78 is 5.12. The van der Waals surface area contributed by atoms with Gasteiger partial charge in [0.2, 0.25) is 0 Å². The van der Waals surface area contributed by atoms with Crippen molar-refractivity contribution < 1.29 is 9.53 Å². The lowest BCUT2D eigenvalue weighted by Crippen LogP contribution is -2.21. The van der Waals surface area contributed by atoms with Crippen molar-refractivity contribution in [2.45, 2.75) is 46.4 Å². The summed E-state index contributed by atoms with van der Waals surface area (Å²) >= 11 is 0. The van der Waals surface area contributed by atoms with E-state index in [9.17, 15) is 4.79 Å². The molecule has 0 aliphatic carbocycles. The van der Waals surface area contributed by atoms with Crippen LogP contribution in [0.2, 0.25) is 0 Å². The first-order chi connectivity index (χ1) is 7.99. The molecule has 0 radical (unpaired) electrons. The first-order valence-corrected chi connectivity index (χ1v) is 6.02. The number of ether oxygens (including phenoxy) is 1. The van der Waals surface area contributed by atoms with Crippen LogP contribution in [0, 0.1) is 0 Å². The zero-order valence-electron chi connectivity index (χ0n) is 11.0. The van der Waals surface area contributed by atoms with Crippen LogP contribution in [0.1, 0.15) is 43.6 Å². The number of hydrogen-bond donors (Lipinski definition) is 1. The Bertz CT molecular complexity index is 355. The van der Waals surface area contributed by atoms with Crippen LogP contribution in [0.5, 0.6) is 0 Å². The van der Waals surface area contributed by atoms with Gasteiger partial charge in [0, 0.05) is 12.6 Å². The van der Waals surface area contributed by atoms with E-state index in [1.807, 2.05) is 38.1 Å². The molecule has 0 aliphatic rings. The van der Waals surface area contributed by atoms with Gasteiger partial charge in [-0.15, -0.1) is 0 Å². The van der Waals surface area contributed by atoms with Crippen molar-refractivity contribution in [3.8, 4) is 0 Å². The Labute approximate surface area is 103 Å². The highest BCUT2D eigenvalue weighted by Crippen LogP contribution is 2.07. The average molecular weight is 235 g/mol. The molecule has 0 atom stereocenters. The minimum Gasteiger partial charge on any atom is -0.459 e. The molecule has 0 amide bonds. The number of benzene rings is 1. The predicted molar refractivity (Wildman–Crippen MR) is 69.0 cm³/mol. The van der Waals surface area contributed by atoms with Crippen LogP contribution in [0.4, 0.5) is 0 Å². The number of nitrogens with one attached hydrogen (secondary N) is 1. The molecule has 17 heavy (non-hydrogen) atoms. The van der Waals surface area contributed by atoms with E-state index in [0.29, 0.717) is 11.6 Å². The zero-order chi connectivity index (χ0) is 12.8. The maximum atomic E-state index is 11.6. The van der Waals surface area contributed by atoms with Gasteiger partial charge in [-0.25, -0.2) is 4.79 Å². The zero-order valence-corrected chi connectivity index (χ0v) is 11.0. The molecule has 3 nitrogen and oxygen atoms in total. The average Bonchev–Trinajstić information content (AvgIpc) is 2.26. The highest BCUT2D eigenvalue weighted by molar-refractivity contribution is 5.89. The van der Waals surface area contributed by atoms with Crippen molar-refractivity contribution >= 4 is 5.97 Å². The molecule has 0 aromatic heterocycles. The van der Waals surface area contributed by atoms with Crippen molar-refractivity contribution in [3.05, 3.63) is 35.4 Å². The summed E-state index contributed by atoms with van der Waals surface area (Å²) in [6, 6.07) is 7.98. The van der Waals surface area contributed by atoms with Crippen molar-refractivity contribution in [1.29, 1.82) is 0 Å². The topological polar surface area (TPSA) is 38.3 Å². The number of carbonyl (C=O) groups is 1. The molecule has 1 N–H and O–H groups in total. The minimum atomic E-state index is -0.261. The van der Waals surface area contributed by atoms with Crippen LogP contribution in [-0.4, -0.2) is 18.1 Å². The Morgan fingerprint density at radius 1 is 1.18 bits per heavy atom. The fourth-order valence-corrected chi connectivity index (χ4v) is 1.36. The lowest BCUT2D eigenvalue weighted by atomic mass is 10.1. The Morgan fingerprint density at radius 3 is 2.24 bits per heavy atom. The molecule has 0 saturated carbocycles. The smallest absolute Gasteiger partial charge is 0.338 e. The summed E-state index contributed by atoms with van der Waals surface area (Å²) in [6.07, 6.45) is -0.0789. The summed E-state index contributed by atoms with van der Waals surface area (Å²) in [5, 5.41) is 3.33. The molecule has 1 aromatic carbocycles. The Morgan fingerprint density at radius 2 is 1.76 bits per heavy atom. The highest BCUT2D eigenvalue weighted by atomic mass is 16.5. The lowest BCUT2D eigenvalue weighted by molar-refractivity contribution is 0.0378. The maximum absolute atomic E-state index is 11.6. The van der Waals surface area contributed by atoms with E-state index in [4.69, 9.17) is 4.74 Å². The lowest BCUT2D eigenvalue weighted by Gasteiger charge is -2.10. The molecule has 0 saturated heterocycles. The minimum absolute atomic E-state index is 0.0789. The summed E-state index contributed by atoms with van der Waals surface area (Å²) in [5.74, 6) is -0.261. The van der Waals surface area contributed by atoms with Crippen molar-refractivity contribution in [3.63, 3.8) is 0 Å². The summed E-state index contributed by atoms with van der Waals surface area (Å²) in [5.41, 5.74) is 1.77. The molecular weight excluding hydrogens is 214 g/mol. The van der Waals surface area contributed by atoms with E-state index < -0.39 is 0 Å². The van der Waals surface area contributed by atoms with Crippen LogP contribution in [0.25, 0.3) is 0 Å². The van der Waals surface area contributed by atoms with Gasteiger partial charge in [0.1, 0.15) is 0 Å². The summed E-state index contributed by atoms with van der Waals surface area (Å²) in [7, 11) is 0. The molecule has 0 heterocycles. The number of hydrogen-bond acceptors (Lipinski definition) is 3. The van der Waals surface area contributed by atoms with Crippen LogP contribution >= 0.6 is 0 Å². The SMILES string of the molecule is CC(C)NCc1ccc(C(=O)OC(C)C)cc1. The van der Waals surface area contributed by atoms with Gasteiger partial charge in [-0.2, -0.15) is 0 Å². The van der Waals surface area contributed by atoms with Crippen molar-refractivity contribution in [2.75, 3.05) is 0 Å². The highest BCUT2D eigenvalue weighted by Gasteiger charge is 2.08. The molecule has 0 unspecified atom stereocenters. The monoisotopic (exact) mass is 235 g/mol. The van der Waals surface area contributed by atoms with Crippen LogP contribution < -0.4 is 5.32 Å². The van der Waals surface area contributed by atoms with E-state index in [1.165, 1.54) is 5.56 Å².